The fourth-order valence-electron chi connectivity index (χ4n) is 5.05. The number of aromatic hydroxyl groups is 1. The molecule has 0 aliphatic heterocycles. The number of primary amides is 1. The van der Waals surface area contributed by atoms with E-state index in [1.165, 1.54) is 36.4 Å². The van der Waals surface area contributed by atoms with E-state index in [-0.39, 0.29) is 37.5 Å². The number of hydrogen-bond acceptors (Lipinski definition) is 8. The number of benzene rings is 3. The molecular weight excluding hydrogens is 619 g/mol. The standard InChI is InChI=1S/C35H45FN6O6/c1-21(2)16-28(39-31(44)20-37)33(46)41-30(19-24-10-14-26(43)15-11-24)35(48)42-29(18-23-8-12-25(36)13-9-23)34(47)40-27(32(38)45)17-22-6-4-3-5-7-22/h3-15,21,27-31,39,43-44H,16-20,37H2,1-2H3,(H2,38,45)(H,40,47)(H,41,46)(H,42,48). The minimum atomic E-state index is -1.26. The SMILES string of the molecule is CC(C)CC(NC(O)CN)C(=O)NC(Cc1ccc(O)cc1)C(=O)NC(Cc1ccc(F)cc1)C(=O)NC(Cc1ccccc1)C(N)=O. The molecule has 0 saturated heterocycles. The third kappa shape index (κ3) is 12.4. The summed E-state index contributed by atoms with van der Waals surface area (Å²) in [5.74, 6) is -3.23. The summed E-state index contributed by atoms with van der Waals surface area (Å²) in [5.41, 5.74) is 13.0. The van der Waals surface area contributed by atoms with Crippen LogP contribution >= 0.6 is 0 Å². The van der Waals surface area contributed by atoms with Crippen molar-refractivity contribution < 1.29 is 33.8 Å². The second-order valence-electron chi connectivity index (χ2n) is 12.1. The molecule has 3 rings (SSSR count). The van der Waals surface area contributed by atoms with Gasteiger partial charge >= 0.3 is 0 Å². The largest absolute Gasteiger partial charge is 0.508 e. The summed E-state index contributed by atoms with van der Waals surface area (Å²) in [7, 11) is 0. The number of hydrogen-bond donors (Lipinski definition) is 8. The molecule has 10 N–H and O–H groups in total. The van der Waals surface area contributed by atoms with Crippen LogP contribution < -0.4 is 32.7 Å². The number of amides is 4. The Bertz CT molecular complexity index is 1490. The number of carbonyl (C=O) groups is 4. The molecule has 0 radical (unpaired) electrons. The van der Waals surface area contributed by atoms with Crippen molar-refractivity contribution in [1.29, 1.82) is 0 Å². The van der Waals surface area contributed by atoms with E-state index in [0.717, 1.165) is 5.56 Å². The molecule has 48 heavy (non-hydrogen) atoms. The fraction of sp³-hybridized carbons (Fsp3) is 0.371. The molecule has 0 aliphatic carbocycles. The zero-order valence-electron chi connectivity index (χ0n) is 27.1. The summed E-state index contributed by atoms with van der Waals surface area (Å²) in [6.45, 7) is 3.65. The summed E-state index contributed by atoms with van der Waals surface area (Å²) >= 11 is 0. The lowest BCUT2D eigenvalue weighted by Gasteiger charge is -2.27. The highest BCUT2D eigenvalue weighted by molar-refractivity contribution is 5.95. The number of nitrogens with one attached hydrogen (secondary N) is 4. The first-order chi connectivity index (χ1) is 22.8. The maximum Gasteiger partial charge on any atom is 0.243 e. The van der Waals surface area contributed by atoms with E-state index in [9.17, 15) is 33.8 Å². The van der Waals surface area contributed by atoms with Crippen LogP contribution in [0.1, 0.15) is 37.0 Å². The Morgan fingerprint density at radius 1 is 0.688 bits per heavy atom. The average Bonchev–Trinajstić information content (AvgIpc) is 3.05. The Labute approximate surface area is 279 Å². The van der Waals surface area contributed by atoms with Gasteiger partial charge in [0.15, 0.2) is 0 Å². The molecule has 13 heteroatoms. The van der Waals surface area contributed by atoms with Crippen molar-refractivity contribution in [3.63, 3.8) is 0 Å². The van der Waals surface area contributed by atoms with E-state index >= 15 is 0 Å². The molecule has 0 aromatic heterocycles. The summed E-state index contributed by atoms with van der Waals surface area (Å²) in [5, 5.41) is 30.7. The van der Waals surface area contributed by atoms with Crippen LogP contribution in [0.5, 0.6) is 5.75 Å². The molecule has 5 atom stereocenters. The predicted octanol–water partition coefficient (Wildman–Crippen LogP) is 0.780. The maximum absolute atomic E-state index is 13.9. The number of aliphatic hydroxyl groups excluding tert-OH is 1. The normalized spacial score (nSPS) is 14.3. The second kappa shape index (κ2) is 18.5. The number of aliphatic hydroxyl groups is 1. The van der Waals surface area contributed by atoms with Gasteiger partial charge in [-0.15, -0.1) is 0 Å². The number of halogens is 1. The van der Waals surface area contributed by atoms with Crippen LogP contribution in [0.4, 0.5) is 4.39 Å². The maximum atomic E-state index is 13.9. The van der Waals surface area contributed by atoms with E-state index in [2.05, 4.69) is 21.3 Å². The lowest BCUT2D eigenvalue weighted by Crippen LogP contribution is -2.59. The van der Waals surface area contributed by atoms with Crippen LogP contribution in [-0.2, 0) is 38.4 Å². The molecule has 5 unspecified atom stereocenters. The first-order valence-corrected chi connectivity index (χ1v) is 15.8. The highest BCUT2D eigenvalue weighted by atomic mass is 19.1. The zero-order valence-corrected chi connectivity index (χ0v) is 27.1. The predicted molar refractivity (Wildman–Crippen MR) is 178 cm³/mol. The molecule has 0 fully saturated rings. The van der Waals surface area contributed by atoms with E-state index in [1.807, 2.05) is 19.9 Å². The highest BCUT2D eigenvalue weighted by Gasteiger charge is 2.32. The molecule has 0 saturated carbocycles. The van der Waals surface area contributed by atoms with Crippen molar-refractivity contribution in [3.05, 3.63) is 101 Å². The van der Waals surface area contributed by atoms with Gasteiger partial charge in [0.25, 0.3) is 0 Å². The van der Waals surface area contributed by atoms with Gasteiger partial charge in [-0.3, -0.25) is 24.5 Å². The minimum absolute atomic E-state index is 0.0105. The second-order valence-corrected chi connectivity index (χ2v) is 12.1. The molecule has 3 aromatic rings. The van der Waals surface area contributed by atoms with Gasteiger partial charge < -0.3 is 37.6 Å². The third-order valence-corrected chi connectivity index (χ3v) is 7.58. The van der Waals surface area contributed by atoms with Crippen molar-refractivity contribution in [2.24, 2.45) is 17.4 Å². The Morgan fingerprint density at radius 2 is 1.12 bits per heavy atom. The molecule has 0 aliphatic rings. The lowest BCUT2D eigenvalue weighted by molar-refractivity contribution is -0.134. The topological polar surface area (TPSA) is 209 Å². The number of rotatable bonds is 18. The number of phenols is 1. The monoisotopic (exact) mass is 664 g/mol. The third-order valence-electron chi connectivity index (χ3n) is 7.58. The van der Waals surface area contributed by atoms with E-state index in [1.54, 1.807) is 36.4 Å². The molecule has 0 bridgehead atoms. The van der Waals surface area contributed by atoms with E-state index in [0.29, 0.717) is 17.5 Å². The smallest absolute Gasteiger partial charge is 0.243 e. The average molecular weight is 665 g/mol. The summed E-state index contributed by atoms with van der Waals surface area (Å²) in [4.78, 5) is 53.5. The first-order valence-electron chi connectivity index (χ1n) is 15.8. The van der Waals surface area contributed by atoms with Crippen molar-refractivity contribution in [2.45, 2.75) is 69.9 Å². The number of carbonyl (C=O) groups excluding carboxylic acids is 4. The van der Waals surface area contributed by atoms with Crippen LogP contribution in [-0.4, -0.2) is 70.8 Å². The summed E-state index contributed by atoms with van der Waals surface area (Å²) in [6, 6.07) is 15.9. The highest BCUT2D eigenvalue weighted by Crippen LogP contribution is 2.14. The Hall–Kier alpha value is -4.85. The van der Waals surface area contributed by atoms with Gasteiger partial charge in [0.05, 0.1) is 6.04 Å². The molecule has 258 valence electrons. The van der Waals surface area contributed by atoms with Crippen molar-refractivity contribution in [1.82, 2.24) is 21.3 Å². The Balaban J connectivity index is 1.91. The summed E-state index contributed by atoms with van der Waals surface area (Å²) < 4.78 is 13.7. The van der Waals surface area contributed by atoms with Crippen LogP contribution in [0, 0.1) is 11.7 Å². The van der Waals surface area contributed by atoms with E-state index in [4.69, 9.17) is 11.5 Å². The van der Waals surface area contributed by atoms with Crippen LogP contribution in [0.15, 0.2) is 78.9 Å². The van der Waals surface area contributed by atoms with Crippen LogP contribution in [0.25, 0.3) is 0 Å². The van der Waals surface area contributed by atoms with Gasteiger partial charge in [0.1, 0.15) is 35.9 Å². The molecule has 0 spiro atoms. The first kappa shape index (κ1) is 37.6. The van der Waals surface area contributed by atoms with Gasteiger partial charge in [0.2, 0.25) is 23.6 Å². The van der Waals surface area contributed by atoms with Crippen LogP contribution in [0.3, 0.4) is 0 Å². The van der Waals surface area contributed by atoms with Crippen molar-refractivity contribution >= 4 is 23.6 Å². The van der Waals surface area contributed by atoms with Crippen molar-refractivity contribution in [2.75, 3.05) is 6.54 Å². The Morgan fingerprint density at radius 3 is 1.60 bits per heavy atom. The molecule has 0 heterocycles. The quantitative estimate of drug-likeness (QED) is 0.0910. The van der Waals surface area contributed by atoms with Gasteiger partial charge in [0, 0.05) is 25.8 Å². The molecule has 12 nitrogen and oxygen atoms in total. The van der Waals surface area contributed by atoms with E-state index < -0.39 is 59.8 Å². The lowest BCUT2D eigenvalue weighted by atomic mass is 9.99. The van der Waals surface area contributed by atoms with Crippen molar-refractivity contribution in [3.8, 4) is 5.75 Å². The number of nitrogens with two attached hydrogens (primary N) is 2. The number of phenolic OH excluding ortho intramolecular Hbond substituents is 1. The molecule has 3 aromatic carbocycles. The van der Waals surface area contributed by atoms with Gasteiger partial charge in [-0.05, 0) is 53.3 Å². The fourth-order valence-corrected chi connectivity index (χ4v) is 5.05. The summed E-state index contributed by atoms with van der Waals surface area (Å²) in [6.07, 6.45) is -0.829. The van der Waals surface area contributed by atoms with Crippen LogP contribution in [0.2, 0.25) is 0 Å². The molecular formula is C35H45FN6O6. The Kier molecular flexibility index (Phi) is 14.5. The van der Waals surface area contributed by atoms with Gasteiger partial charge in [-0.1, -0.05) is 68.4 Å². The molecule has 4 amide bonds. The minimum Gasteiger partial charge on any atom is -0.508 e. The van der Waals surface area contributed by atoms with Gasteiger partial charge in [-0.25, -0.2) is 4.39 Å². The zero-order chi connectivity index (χ0) is 35.2. The van der Waals surface area contributed by atoms with Gasteiger partial charge in [-0.2, -0.15) is 0 Å².